The molecule has 0 saturated carbocycles. The lowest BCUT2D eigenvalue weighted by atomic mass is 10.2. The van der Waals surface area contributed by atoms with Crippen molar-refractivity contribution in [3.8, 4) is 17.1 Å². The van der Waals surface area contributed by atoms with Crippen LogP contribution in [0.2, 0.25) is 0 Å². The van der Waals surface area contributed by atoms with E-state index in [1.807, 2.05) is 19.1 Å². The van der Waals surface area contributed by atoms with E-state index in [1.54, 1.807) is 12.1 Å². The molecular formula is C18H17N3O6S. The van der Waals surface area contributed by atoms with Crippen LogP contribution >= 0.6 is 0 Å². The second-order valence-electron chi connectivity index (χ2n) is 5.59. The molecule has 0 saturated heterocycles. The summed E-state index contributed by atoms with van der Waals surface area (Å²) in [5.74, 6) is 0.364. The average Bonchev–Trinajstić information content (AvgIpc) is 3.15. The molecule has 0 aliphatic rings. The predicted molar refractivity (Wildman–Crippen MR) is 97.8 cm³/mol. The van der Waals surface area contributed by atoms with Gasteiger partial charge in [0.05, 0.1) is 22.6 Å². The average molecular weight is 403 g/mol. The molecule has 3 rings (SSSR count). The third-order valence-corrected chi connectivity index (χ3v) is 4.57. The number of carbonyl (C=O) groups is 1. The first-order chi connectivity index (χ1) is 13.4. The Morgan fingerprint density at radius 2 is 1.86 bits per heavy atom. The highest BCUT2D eigenvalue weighted by molar-refractivity contribution is 7.89. The second kappa shape index (κ2) is 8.19. The summed E-state index contributed by atoms with van der Waals surface area (Å²) in [7, 11) is -3.83. The zero-order valence-corrected chi connectivity index (χ0v) is 15.7. The van der Waals surface area contributed by atoms with Gasteiger partial charge in [-0.05, 0) is 43.3 Å². The fraction of sp³-hybridized carbons (Fsp3) is 0.167. The number of sulfonamides is 1. The highest BCUT2D eigenvalue weighted by Gasteiger charge is 2.16. The van der Waals surface area contributed by atoms with E-state index in [-0.39, 0.29) is 23.0 Å². The van der Waals surface area contributed by atoms with Crippen molar-refractivity contribution in [2.45, 2.75) is 18.4 Å². The standard InChI is InChI=1S/C18H17N3O6S/c1-2-25-15-6-4-3-5-14(15)17-20-16(27-21-17)11-26-18(22)12-7-9-13(10-8-12)28(19,23)24/h3-10H,2,11H2,1H3,(H2,19,23,24). The molecule has 0 amide bonds. The molecule has 10 heteroatoms. The molecule has 1 heterocycles. The maximum absolute atomic E-state index is 12.1. The van der Waals surface area contributed by atoms with Gasteiger partial charge in [-0.2, -0.15) is 4.98 Å². The molecule has 0 aliphatic carbocycles. The lowest BCUT2D eigenvalue weighted by Gasteiger charge is -2.06. The van der Waals surface area contributed by atoms with E-state index in [9.17, 15) is 13.2 Å². The van der Waals surface area contributed by atoms with Crippen molar-refractivity contribution >= 4 is 16.0 Å². The van der Waals surface area contributed by atoms with Gasteiger partial charge < -0.3 is 14.0 Å². The molecule has 0 spiro atoms. The van der Waals surface area contributed by atoms with E-state index < -0.39 is 16.0 Å². The third kappa shape index (κ3) is 4.53. The van der Waals surface area contributed by atoms with E-state index in [4.69, 9.17) is 19.1 Å². The predicted octanol–water partition coefficient (Wildman–Crippen LogP) is 2.14. The first-order valence-corrected chi connectivity index (χ1v) is 9.78. The lowest BCUT2D eigenvalue weighted by molar-refractivity contribution is 0.0429. The maximum Gasteiger partial charge on any atom is 0.338 e. The number of benzene rings is 2. The van der Waals surface area contributed by atoms with E-state index >= 15 is 0 Å². The van der Waals surface area contributed by atoms with Crippen LogP contribution in [0.1, 0.15) is 23.2 Å². The summed E-state index contributed by atoms with van der Waals surface area (Å²) >= 11 is 0. The van der Waals surface area contributed by atoms with E-state index in [1.165, 1.54) is 24.3 Å². The van der Waals surface area contributed by atoms with Gasteiger partial charge in [0.25, 0.3) is 5.89 Å². The van der Waals surface area contributed by atoms with Crippen LogP contribution in [0.15, 0.2) is 57.9 Å². The minimum Gasteiger partial charge on any atom is -0.493 e. The number of esters is 1. The molecule has 2 aromatic carbocycles. The number of aromatic nitrogens is 2. The minimum atomic E-state index is -3.83. The Kier molecular flexibility index (Phi) is 5.71. The summed E-state index contributed by atoms with van der Waals surface area (Å²) < 4.78 is 38.2. The molecule has 1 aromatic heterocycles. The summed E-state index contributed by atoms with van der Waals surface area (Å²) in [5.41, 5.74) is 0.818. The van der Waals surface area contributed by atoms with Crippen LogP contribution in [0.4, 0.5) is 0 Å². The van der Waals surface area contributed by atoms with Crippen molar-refractivity contribution in [2.24, 2.45) is 5.14 Å². The van der Waals surface area contributed by atoms with Crippen LogP contribution in [0.3, 0.4) is 0 Å². The van der Waals surface area contributed by atoms with Crippen molar-refractivity contribution in [1.82, 2.24) is 10.1 Å². The van der Waals surface area contributed by atoms with Crippen molar-refractivity contribution in [3.05, 3.63) is 60.0 Å². The second-order valence-corrected chi connectivity index (χ2v) is 7.15. The fourth-order valence-electron chi connectivity index (χ4n) is 2.35. The van der Waals surface area contributed by atoms with Gasteiger partial charge >= 0.3 is 5.97 Å². The topological polar surface area (TPSA) is 135 Å². The van der Waals surface area contributed by atoms with Gasteiger partial charge in [-0.3, -0.25) is 0 Å². The van der Waals surface area contributed by atoms with Crippen molar-refractivity contribution in [2.75, 3.05) is 6.61 Å². The monoisotopic (exact) mass is 403 g/mol. The van der Waals surface area contributed by atoms with Gasteiger partial charge in [0.15, 0.2) is 6.61 Å². The SMILES string of the molecule is CCOc1ccccc1-c1noc(COC(=O)c2ccc(S(N)(=O)=O)cc2)n1. The molecule has 0 radical (unpaired) electrons. The molecule has 3 aromatic rings. The lowest BCUT2D eigenvalue weighted by Crippen LogP contribution is -2.12. The number of carbonyl (C=O) groups excluding carboxylic acids is 1. The molecule has 146 valence electrons. The summed E-state index contributed by atoms with van der Waals surface area (Å²) in [5, 5.41) is 8.90. The zero-order chi connectivity index (χ0) is 20.1. The van der Waals surface area contributed by atoms with Crippen LogP contribution in [0.25, 0.3) is 11.4 Å². The highest BCUT2D eigenvalue weighted by Crippen LogP contribution is 2.27. The van der Waals surface area contributed by atoms with Crippen molar-refractivity contribution in [3.63, 3.8) is 0 Å². The Morgan fingerprint density at radius 3 is 2.54 bits per heavy atom. The Labute approximate surface area is 161 Å². The summed E-state index contributed by atoms with van der Waals surface area (Å²) in [4.78, 5) is 16.2. The molecule has 28 heavy (non-hydrogen) atoms. The van der Waals surface area contributed by atoms with Crippen LogP contribution in [0.5, 0.6) is 5.75 Å². The van der Waals surface area contributed by atoms with E-state index in [0.717, 1.165) is 0 Å². The Morgan fingerprint density at radius 1 is 1.14 bits per heavy atom. The first kappa shape index (κ1) is 19.5. The Bertz CT molecular complexity index is 1080. The molecule has 9 nitrogen and oxygen atoms in total. The largest absolute Gasteiger partial charge is 0.493 e. The number of nitrogens with zero attached hydrogens (tertiary/aromatic N) is 2. The molecule has 0 bridgehead atoms. The van der Waals surface area contributed by atoms with Gasteiger partial charge in [-0.15, -0.1) is 0 Å². The molecule has 0 atom stereocenters. The minimum absolute atomic E-state index is 0.0986. The van der Waals surface area contributed by atoms with Crippen LogP contribution in [-0.2, 0) is 21.4 Å². The van der Waals surface area contributed by atoms with E-state index in [2.05, 4.69) is 10.1 Å². The van der Waals surface area contributed by atoms with E-state index in [0.29, 0.717) is 23.7 Å². The Hall–Kier alpha value is -3.24. The molecule has 0 unspecified atom stereocenters. The summed E-state index contributed by atoms with van der Waals surface area (Å²) in [6.07, 6.45) is 0. The van der Waals surface area contributed by atoms with Crippen LogP contribution in [0, 0.1) is 0 Å². The van der Waals surface area contributed by atoms with Gasteiger partial charge in [-0.1, -0.05) is 17.3 Å². The van der Waals surface area contributed by atoms with Crippen molar-refractivity contribution < 1.29 is 27.2 Å². The zero-order valence-electron chi connectivity index (χ0n) is 14.9. The highest BCUT2D eigenvalue weighted by atomic mass is 32.2. The summed E-state index contributed by atoms with van der Waals surface area (Å²) in [6, 6.07) is 12.3. The maximum atomic E-state index is 12.1. The van der Waals surface area contributed by atoms with Gasteiger partial charge in [0, 0.05) is 0 Å². The van der Waals surface area contributed by atoms with Crippen LogP contribution in [-0.4, -0.2) is 31.1 Å². The van der Waals surface area contributed by atoms with Gasteiger partial charge in [-0.25, -0.2) is 18.4 Å². The number of primary sulfonamides is 1. The molecular weight excluding hydrogens is 386 g/mol. The smallest absolute Gasteiger partial charge is 0.338 e. The summed E-state index contributed by atoms with van der Waals surface area (Å²) in [6.45, 7) is 2.12. The molecule has 0 aliphatic heterocycles. The number of ether oxygens (including phenoxy) is 2. The normalized spacial score (nSPS) is 11.2. The Balaban J connectivity index is 1.67. The van der Waals surface area contributed by atoms with Gasteiger partial charge in [0.1, 0.15) is 5.75 Å². The molecule has 2 N–H and O–H groups in total. The van der Waals surface area contributed by atoms with Crippen LogP contribution < -0.4 is 9.88 Å². The van der Waals surface area contributed by atoms with Gasteiger partial charge in [0.2, 0.25) is 15.8 Å². The number of hydrogen-bond donors (Lipinski definition) is 1. The fourth-order valence-corrected chi connectivity index (χ4v) is 2.86. The quantitative estimate of drug-likeness (QED) is 0.593. The first-order valence-electron chi connectivity index (χ1n) is 8.23. The van der Waals surface area contributed by atoms with Crippen molar-refractivity contribution in [1.29, 1.82) is 0 Å². The number of para-hydroxylation sites is 1. The number of nitrogens with two attached hydrogens (primary N) is 1. The number of hydrogen-bond acceptors (Lipinski definition) is 8. The number of rotatable bonds is 7. The third-order valence-electron chi connectivity index (χ3n) is 3.64. The molecule has 0 fully saturated rings.